The first kappa shape index (κ1) is 12.3. The van der Waals surface area contributed by atoms with Crippen molar-refractivity contribution in [2.24, 2.45) is 0 Å². The molecule has 0 fully saturated rings. The second-order valence-corrected chi connectivity index (χ2v) is 3.33. The van der Waals surface area contributed by atoms with Gasteiger partial charge >= 0.3 is 5.97 Å². The maximum absolute atomic E-state index is 11.4. The highest BCUT2D eigenvalue weighted by Crippen LogP contribution is 2.16. The topological polar surface area (TPSA) is 35.5 Å². The zero-order valence-electron chi connectivity index (χ0n) is 9.82. The summed E-state index contributed by atoms with van der Waals surface area (Å²) in [7, 11) is 3.01. The Kier molecular flexibility index (Phi) is 4.58. The molecule has 0 aromatic heterocycles. The van der Waals surface area contributed by atoms with E-state index in [0.29, 0.717) is 12.0 Å². The van der Waals surface area contributed by atoms with Crippen molar-refractivity contribution in [2.45, 2.75) is 13.3 Å². The fourth-order valence-electron chi connectivity index (χ4n) is 1.43. The van der Waals surface area contributed by atoms with Crippen LogP contribution in [-0.4, -0.2) is 20.2 Å². The molecular formula is C13H16O3. The fraction of sp³-hybridized carbons (Fsp3) is 0.308. The van der Waals surface area contributed by atoms with Gasteiger partial charge in [-0.05, 0) is 24.6 Å². The van der Waals surface area contributed by atoms with E-state index in [2.05, 4.69) is 0 Å². The van der Waals surface area contributed by atoms with Crippen LogP contribution in [0.1, 0.15) is 12.5 Å². The highest BCUT2D eigenvalue weighted by atomic mass is 16.5. The summed E-state index contributed by atoms with van der Waals surface area (Å²) in [6.45, 7) is 1.83. The SMILES string of the molecule is C/C=C(\Cc1cccc(OC)c1)C(=O)OC. The van der Waals surface area contributed by atoms with Crippen molar-refractivity contribution < 1.29 is 14.3 Å². The summed E-state index contributed by atoms with van der Waals surface area (Å²) in [5, 5.41) is 0. The Balaban J connectivity index is 2.82. The number of carbonyl (C=O) groups excluding carboxylic acids is 1. The molecule has 0 N–H and O–H groups in total. The van der Waals surface area contributed by atoms with E-state index in [0.717, 1.165) is 11.3 Å². The van der Waals surface area contributed by atoms with Crippen LogP contribution in [0.3, 0.4) is 0 Å². The molecule has 0 amide bonds. The van der Waals surface area contributed by atoms with Crippen LogP contribution in [-0.2, 0) is 16.0 Å². The van der Waals surface area contributed by atoms with Gasteiger partial charge in [0.1, 0.15) is 5.75 Å². The van der Waals surface area contributed by atoms with Gasteiger partial charge in [0.2, 0.25) is 0 Å². The Morgan fingerprint density at radius 2 is 2.12 bits per heavy atom. The summed E-state index contributed by atoms with van der Waals surface area (Å²) < 4.78 is 9.81. The molecule has 0 bridgehead atoms. The van der Waals surface area contributed by atoms with E-state index < -0.39 is 0 Å². The monoisotopic (exact) mass is 220 g/mol. The Labute approximate surface area is 95.7 Å². The summed E-state index contributed by atoms with van der Waals surface area (Å²) in [5.41, 5.74) is 1.67. The molecule has 0 spiro atoms. The Bertz CT molecular complexity index is 394. The molecule has 0 atom stereocenters. The molecule has 0 aliphatic rings. The van der Waals surface area contributed by atoms with Crippen molar-refractivity contribution >= 4 is 5.97 Å². The lowest BCUT2D eigenvalue weighted by molar-refractivity contribution is -0.136. The number of rotatable bonds is 4. The highest BCUT2D eigenvalue weighted by Gasteiger charge is 2.09. The predicted molar refractivity (Wildman–Crippen MR) is 62.5 cm³/mol. The Morgan fingerprint density at radius 1 is 1.38 bits per heavy atom. The van der Waals surface area contributed by atoms with Gasteiger partial charge in [-0.25, -0.2) is 4.79 Å². The number of benzene rings is 1. The van der Waals surface area contributed by atoms with Gasteiger partial charge in [-0.3, -0.25) is 0 Å². The van der Waals surface area contributed by atoms with Crippen molar-refractivity contribution in [1.82, 2.24) is 0 Å². The summed E-state index contributed by atoms with van der Waals surface area (Å²) in [5.74, 6) is 0.503. The number of hydrogen-bond donors (Lipinski definition) is 0. The fourth-order valence-corrected chi connectivity index (χ4v) is 1.43. The van der Waals surface area contributed by atoms with Crippen LogP contribution < -0.4 is 4.74 Å². The molecule has 0 aliphatic heterocycles. The van der Waals surface area contributed by atoms with Gasteiger partial charge in [-0.2, -0.15) is 0 Å². The summed E-state index contributed by atoms with van der Waals surface area (Å²) in [6.07, 6.45) is 2.33. The molecule has 1 rings (SSSR count). The van der Waals surface area contributed by atoms with E-state index in [1.54, 1.807) is 13.2 Å². The van der Waals surface area contributed by atoms with Crippen LogP contribution in [0, 0.1) is 0 Å². The van der Waals surface area contributed by atoms with Crippen molar-refractivity contribution in [2.75, 3.05) is 14.2 Å². The minimum atomic E-state index is -0.287. The molecule has 0 radical (unpaired) electrons. The summed E-state index contributed by atoms with van der Waals surface area (Å²) >= 11 is 0. The van der Waals surface area contributed by atoms with Crippen LogP contribution in [0.4, 0.5) is 0 Å². The third-order valence-corrected chi connectivity index (χ3v) is 2.32. The van der Waals surface area contributed by atoms with Gasteiger partial charge in [0.25, 0.3) is 0 Å². The quantitative estimate of drug-likeness (QED) is 0.577. The summed E-state index contributed by atoms with van der Waals surface area (Å²) in [4.78, 5) is 11.4. The van der Waals surface area contributed by atoms with Gasteiger partial charge in [0.15, 0.2) is 0 Å². The van der Waals surface area contributed by atoms with E-state index in [9.17, 15) is 4.79 Å². The Morgan fingerprint density at radius 3 is 2.69 bits per heavy atom. The lowest BCUT2D eigenvalue weighted by Crippen LogP contribution is -2.07. The molecule has 1 aromatic rings. The maximum atomic E-state index is 11.4. The number of ether oxygens (including phenoxy) is 2. The maximum Gasteiger partial charge on any atom is 0.333 e. The first-order valence-corrected chi connectivity index (χ1v) is 5.07. The van der Waals surface area contributed by atoms with E-state index in [1.807, 2.05) is 31.2 Å². The second kappa shape index (κ2) is 5.95. The van der Waals surface area contributed by atoms with Crippen LogP contribution in [0.15, 0.2) is 35.9 Å². The van der Waals surface area contributed by atoms with Gasteiger partial charge in [0, 0.05) is 12.0 Å². The van der Waals surface area contributed by atoms with Crippen molar-refractivity contribution in [3.8, 4) is 5.75 Å². The summed E-state index contributed by atoms with van der Waals surface area (Å²) in [6, 6.07) is 7.64. The molecular weight excluding hydrogens is 204 g/mol. The molecule has 0 aliphatic carbocycles. The minimum Gasteiger partial charge on any atom is -0.497 e. The van der Waals surface area contributed by atoms with Crippen LogP contribution in [0.2, 0.25) is 0 Å². The molecule has 0 heterocycles. The van der Waals surface area contributed by atoms with E-state index in [4.69, 9.17) is 9.47 Å². The number of allylic oxidation sites excluding steroid dienone is 1. The molecule has 16 heavy (non-hydrogen) atoms. The molecule has 0 saturated heterocycles. The van der Waals surface area contributed by atoms with Crippen molar-refractivity contribution in [3.63, 3.8) is 0 Å². The van der Waals surface area contributed by atoms with Gasteiger partial charge in [-0.15, -0.1) is 0 Å². The second-order valence-electron chi connectivity index (χ2n) is 3.33. The smallest absolute Gasteiger partial charge is 0.333 e. The zero-order valence-corrected chi connectivity index (χ0v) is 9.82. The molecule has 0 unspecified atom stereocenters. The number of methoxy groups -OCH3 is 2. The standard InChI is InChI=1S/C13H16O3/c1-4-11(13(14)16-3)8-10-6-5-7-12(9-10)15-2/h4-7,9H,8H2,1-3H3/b11-4+. The minimum absolute atomic E-state index is 0.287. The predicted octanol–water partition coefficient (Wildman–Crippen LogP) is 2.36. The molecule has 0 saturated carbocycles. The first-order valence-electron chi connectivity index (χ1n) is 5.07. The Hall–Kier alpha value is -1.77. The average Bonchev–Trinajstić information content (AvgIpc) is 2.35. The lowest BCUT2D eigenvalue weighted by atomic mass is 10.0. The van der Waals surface area contributed by atoms with Gasteiger partial charge in [0.05, 0.1) is 14.2 Å². The molecule has 3 nitrogen and oxygen atoms in total. The lowest BCUT2D eigenvalue weighted by Gasteiger charge is -2.06. The zero-order chi connectivity index (χ0) is 12.0. The average molecular weight is 220 g/mol. The third-order valence-electron chi connectivity index (χ3n) is 2.32. The van der Waals surface area contributed by atoms with Gasteiger partial charge < -0.3 is 9.47 Å². The first-order chi connectivity index (χ1) is 7.71. The van der Waals surface area contributed by atoms with Crippen molar-refractivity contribution in [3.05, 3.63) is 41.5 Å². The van der Waals surface area contributed by atoms with Crippen molar-refractivity contribution in [1.29, 1.82) is 0 Å². The van der Waals surface area contributed by atoms with E-state index in [-0.39, 0.29) is 5.97 Å². The van der Waals surface area contributed by atoms with Gasteiger partial charge in [-0.1, -0.05) is 18.2 Å². The van der Waals surface area contributed by atoms with Crippen LogP contribution in [0.5, 0.6) is 5.75 Å². The molecule has 3 heteroatoms. The largest absolute Gasteiger partial charge is 0.497 e. The number of hydrogen-bond acceptors (Lipinski definition) is 3. The molecule has 86 valence electrons. The van der Waals surface area contributed by atoms with E-state index >= 15 is 0 Å². The van der Waals surface area contributed by atoms with Crippen LogP contribution >= 0.6 is 0 Å². The van der Waals surface area contributed by atoms with E-state index in [1.165, 1.54) is 7.11 Å². The normalized spacial score (nSPS) is 11.1. The molecule has 1 aromatic carbocycles. The highest BCUT2D eigenvalue weighted by molar-refractivity contribution is 5.88. The van der Waals surface area contributed by atoms with Crippen LogP contribution in [0.25, 0.3) is 0 Å². The number of esters is 1. The number of carbonyl (C=O) groups is 1. The third kappa shape index (κ3) is 3.12.